The molecule has 2 amide bonds. The van der Waals surface area contributed by atoms with Crippen molar-refractivity contribution in [3.8, 4) is 5.75 Å². The molecule has 0 saturated carbocycles. The van der Waals surface area contributed by atoms with Crippen molar-refractivity contribution < 1.29 is 27.1 Å². The lowest BCUT2D eigenvalue weighted by Gasteiger charge is -2.31. The highest BCUT2D eigenvalue weighted by molar-refractivity contribution is 7.92. The van der Waals surface area contributed by atoms with Crippen LogP contribution in [0.2, 0.25) is 0 Å². The van der Waals surface area contributed by atoms with Gasteiger partial charge in [0, 0.05) is 13.6 Å². The smallest absolute Gasteiger partial charge is 0.264 e. The van der Waals surface area contributed by atoms with Gasteiger partial charge in [0.1, 0.15) is 24.2 Å². The lowest BCUT2D eigenvalue weighted by atomic mass is 10.1. The van der Waals surface area contributed by atoms with Gasteiger partial charge in [-0.25, -0.2) is 12.8 Å². The third-order valence-corrected chi connectivity index (χ3v) is 7.80. The first-order valence-corrected chi connectivity index (χ1v) is 13.7. The van der Waals surface area contributed by atoms with Crippen LogP contribution in [0.15, 0.2) is 83.8 Å². The minimum atomic E-state index is -4.24. The summed E-state index contributed by atoms with van der Waals surface area (Å²) in [5.74, 6) is -0.997. The van der Waals surface area contributed by atoms with E-state index in [2.05, 4.69) is 5.32 Å². The topological polar surface area (TPSA) is 96.0 Å². The molecular weight excluding hydrogens is 509 g/mol. The molecule has 10 heteroatoms. The van der Waals surface area contributed by atoms with Gasteiger partial charge in [0.2, 0.25) is 11.8 Å². The molecule has 0 saturated heterocycles. The molecule has 0 aliphatic carbocycles. The van der Waals surface area contributed by atoms with E-state index in [1.165, 1.54) is 48.3 Å². The number of nitrogens with zero attached hydrogens (tertiary/aromatic N) is 2. The molecule has 0 radical (unpaired) electrons. The van der Waals surface area contributed by atoms with Gasteiger partial charge in [-0.2, -0.15) is 0 Å². The molecule has 8 nitrogen and oxygen atoms in total. The quantitative estimate of drug-likeness (QED) is 0.378. The fourth-order valence-electron chi connectivity index (χ4n) is 3.92. The lowest BCUT2D eigenvalue weighted by Crippen LogP contribution is -2.51. The molecule has 3 rings (SSSR count). The Morgan fingerprint density at radius 1 is 0.974 bits per heavy atom. The predicted octanol–water partition coefficient (Wildman–Crippen LogP) is 3.63. The van der Waals surface area contributed by atoms with Gasteiger partial charge in [0.05, 0.1) is 17.2 Å². The number of nitrogens with one attached hydrogen (secondary N) is 1. The zero-order valence-corrected chi connectivity index (χ0v) is 22.4. The maximum atomic E-state index is 13.7. The third kappa shape index (κ3) is 7.10. The monoisotopic (exact) mass is 541 g/mol. The predicted molar refractivity (Wildman–Crippen MR) is 144 cm³/mol. The Bertz CT molecular complexity index is 1320. The van der Waals surface area contributed by atoms with E-state index < -0.39 is 34.3 Å². The fourth-order valence-corrected chi connectivity index (χ4v) is 5.33. The Morgan fingerprint density at radius 2 is 1.61 bits per heavy atom. The number of anilines is 1. The van der Waals surface area contributed by atoms with E-state index in [-0.39, 0.29) is 23.0 Å². The van der Waals surface area contributed by atoms with Crippen molar-refractivity contribution in [2.45, 2.75) is 31.2 Å². The maximum Gasteiger partial charge on any atom is 0.264 e. The number of rotatable bonds is 12. The molecule has 1 unspecified atom stereocenters. The number of carbonyl (C=O) groups is 2. The molecule has 0 aromatic heterocycles. The summed E-state index contributed by atoms with van der Waals surface area (Å²) in [6.07, 6.45) is 0.468. The van der Waals surface area contributed by atoms with E-state index in [9.17, 15) is 22.4 Å². The summed E-state index contributed by atoms with van der Waals surface area (Å²) < 4.78 is 47.5. The Kier molecular flexibility index (Phi) is 9.84. The van der Waals surface area contributed by atoms with Crippen LogP contribution >= 0.6 is 0 Å². The van der Waals surface area contributed by atoms with E-state index in [0.29, 0.717) is 18.8 Å². The summed E-state index contributed by atoms with van der Waals surface area (Å²) in [5.41, 5.74) is 1.08. The first-order chi connectivity index (χ1) is 18.2. The highest BCUT2D eigenvalue weighted by Gasteiger charge is 2.32. The molecule has 3 aromatic carbocycles. The van der Waals surface area contributed by atoms with Gasteiger partial charge in [-0.1, -0.05) is 30.3 Å². The summed E-state index contributed by atoms with van der Waals surface area (Å²) in [6, 6.07) is 19.3. The molecule has 3 aromatic rings. The van der Waals surface area contributed by atoms with Gasteiger partial charge in [-0.15, -0.1) is 0 Å². The highest BCUT2D eigenvalue weighted by atomic mass is 32.2. The number of halogens is 1. The summed E-state index contributed by atoms with van der Waals surface area (Å²) >= 11 is 0. The van der Waals surface area contributed by atoms with E-state index in [4.69, 9.17) is 4.74 Å². The number of hydrogen-bond acceptors (Lipinski definition) is 5. The van der Waals surface area contributed by atoms with Crippen LogP contribution in [-0.2, 0) is 26.0 Å². The van der Waals surface area contributed by atoms with Crippen molar-refractivity contribution in [2.24, 2.45) is 0 Å². The third-order valence-electron chi connectivity index (χ3n) is 6.01. The second kappa shape index (κ2) is 13.0. The van der Waals surface area contributed by atoms with Gasteiger partial charge in [-0.05, 0) is 74.4 Å². The van der Waals surface area contributed by atoms with Crippen molar-refractivity contribution in [1.82, 2.24) is 10.2 Å². The molecule has 0 bridgehead atoms. The van der Waals surface area contributed by atoms with Crippen molar-refractivity contribution in [2.75, 3.05) is 31.0 Å². The van der Waals surface area contributed by atoms with Gasteiger partial charge in [-0.3, -0.25) is 13.9 Å². The van der Waals surface area contributed by atoms with Gasteiger partial charge >= 0.3 is 0 Å². The molecule has 0 heterocycles. The van der Waals surface area contributed by atoms with Crippen molar-refractivity contribution in [3.63, 3.8) is 0 Å². The zero-order chi connectivity index (χ0) is 27.7. The summed E-state index contributed by atoms with van der Waals surface area (Å²) in [6.45, 7) is 3.43. The zero-order valence-electron chi connectivity index (χ0n) is 21.6. The van der Waals surface area contributed by atoms with Crippen LogP contribution < -0.4 is 14.4 Å². The number of amides is 2. The number of ether oxygens (including phenoxy) is 1. The van der Waals surface area contributed by atoms with Crippen LogP contribution in [0.25, 0.3) is 0 Å². The summed E-state index contributed by atoms with van der Waals surface area (Å²) in [7, 11) is -2.77. The molecule has 0 aliphatic heterocycles. The van der Waals surface area contributed by atoms with E-state index >= 15 is 0 Å². The highest BCUT2D eigenvalue weighted by Crippen LogP contribution is 2.26. The fraction of sp³-hybridized carbons (Fsp3) is 0.286. The Labute approximate surface area is 223 Å². The SMILES string of the molecule is CCOc1ccc(S(=O)(=O)N(CC(=O)N(CCc2ccccc2)C(C)C(=O)NC)c2ccc(F)cc2)cc1. The minimum Gasteiger partial charge on any atom is -0.494 e. The number of likely N-dealkylation sites (N-methyl/N-ethyl adjacent to an activating group) is 1. The summed E-state index contributed by atoms with van der Waals surface area (Å²) in [5, 5.41) is 2.54. The second-order valence-electron chi connectivity index (χ2n) is 8.51. The summed E-state index contributed by atoms with van der Waals surface area (Å²) in [4.78, 5) is 27.4. The van der Waals surface area contributed by atoms with Crippen LogP contribution in [0.3, 0.4) is 0 Å². The van der Waals surface area contributed by atoms with Crippen LogP contribution in [0.4, 0.5) is 10.1 Å². The van der Waals surface area contributed by atoms with Crippen LogP contribution in [0, 0.1) is 5.82 Å². The van der Waals surface area contributed by atoms with Crippen molar-refractivity contribution >= 4 is 27.5 Å². The number of sulfonamides is 1. The number of benzene rings is 3. The molecule has 0 aliphatic rings. The Hall–Kier alpha value is -3.92. The van der Waals surface area contributed by atoms with Gasteiger partial charge in [0.25, 0.3) is 10.0 Å². The van der Waals surface area contributed by atoms with Gasteiger partial charge < -0.3 is 15.0 Å². The molecule has 38 heavy (non-hydrogen) atoms. The van der Waals surface area contributed by atoms with Gasteiger partial charge in [0.15, 0.2) is 0 Å². The first-order valence-electron chi connectivity index (χ1n) is 12.2. The molecule has 1 N–H and O–H groups in total. The van der Waals surface area contributed by atoms with Crippen LogP contribution in [0.5, 0.6) is 5.75 Å². The normalized spacial score (nSPS) is 11.9. The van der Waals surface area contributed by atoms with E-state index in [1.54, 1.807) is 6.92 Å². The minimum absolute atomic E-state index is 0.0618. The molecule has 1 atom stereocenters. The lowest BCUT2D eigenvalue weighted by molar-refractivity contribution is -0.138. The Balaban J connectivity index is 1.96. The standard InChI is InChI=1S/C28H32FN3O5S/c1-4-37-25-14-16-26(17-15-25)38(35,36)32(24-12-10-23(29)11-13-24)20-27(33)31(21(2)28(34)30-3)19-18-22-8-6-5-7-9-22/h5-17,21H,4,18-20H2,1-3H3,(H,30,34). The molecule has 0 fully saturated rings. The molecule has 202 valence electrons. The number of carbonyl (C=O) groups excluding carboxylic acids is 2. The number of hydrogen-bond donors (Lipinski definition) is 1. The van der Waals surface area contributed by atoms with E-state index in [0.717, 1.165) is 22.0 Å². The van der Waals surface area contributed by atoms with Crippen molar-refractivity contribution in [1.29, 1.82) is 0 Å². The molecule has 0 spiro atoms. The average Bonchev–Trinajstić information content (AvgIpc) is 2.93. The van der Waals surface area contributed by atoms with Crippen LogP contribution in [-0.4, -0.2) is 57.9 Å². The molecular formula is C28H32FN3O5S. The Morgan fingerprint density at radius 3 is 2.18 bits per heavy atom. The largest absolute Gasteiger partial charge is 0.494 e. The van der Waals surface area contributed by atoms with Crippen molar-refractivity contribution in [3.05, 3.63) is 90.2 Å². The average molecular weight is 542 g/mol. The second-order valence-corrected chi connectivity index (χ2v) is 10.4. The van der Waals surface area contributed by atoms with E-state index in [1.807, 2.05) is 37.3 Å². The maximum absolute atomic E-state index is 13.7. The first kappa shape index (κ1) is 28.6. The van der Waals surface area contributed by atoms with Crippen LogP contribution in [0.1, 0.15) is 19.4 Å².